The topological polar surface area (TPSA) is 52.7 Å². The van der Waals surface area contributed by atoms with E-state index in [4.69, 9.17) is 11.6 Å². The number of halogens is 1. The summed E-state index contributed by atoms with van der Waals surface area (Å²) in [6.07, 6.45) is 3.49. The van der Waals surface area contributed by atoms with E-state index in [-0.39, 0.29) is 11.8 Å². The van der Waals surface area contributed by atoms with Crippen LogP contribution in [0.1, 0.15) is 15.9 Å². The zero-order chi connectivity index (χ0) is 22.3. The number of hydrogen-bond donors (Lipinski definition) is 1. The molecule has 162 valence electrons. The number of hydrogen-bond acceptors (Lipinski definition) is 3. The molecule has 0 unspecified atom stereocenters. The van der Waals surface area contributed by atoms with Crippen molar-refractivity contribution in [3.8, 4) is 0 Å². The monoisotopic (exact) mass is 445 g/mol. The molecule has 0 atom stereocenters. The summed E-state index contributed by atoms with van der Waals surface area (Å²) in [7, 11) is 0. The highest BCUT2D eigenvalue weighted by atomic mass is 35.5. The van der Waals surface area contributed by atoms with Crippen molar-refractivity contribution in [2.45, 2.75) is 0 Å². The van der Waals surface area contributed by atoms with Crippen molar-refractivity contribution < 1.29 is 9.59 Å². The Bertz CT molecular complexity index is 1110. The van der Waals surface area contributed by atoms with Gasteiger partial charge in [-0.3, -0.25) is 9.59 Å². The Balaban J connectivity index is 1.30. The lowest BCUT2D eigenvalue weighted by molar-refractivity contribution is -0.126. The first kappa shape index (κ1) is 21.7. The van der Waals surface area contributed by atoms with Crippen LogP contribution in [0.2, 0.25) is 5.02 Å². The van der Waals surface area contributed by atoms with Gasteiger partial charge in [0.25, 0.3) is 5.91 Å². The second kappa shape index (κ2) is 10.2. The summed E-state index contributed by atoms with van der Waals surface area (Å²) < 4.78 is 0. The van der Waals surface area contributed by atoms with Gasteiger partial charge in [-0.15, -0.1) is 0 Å². The largest absolute Gasteiger partial charge is 0.368 e. The minimum Gasteiger partial charge on any atom is -0.368 e. The van der Waals surface area contributed by atoms with Crippen LogP contribution in [-0.2, 0) is 4.79 Å². The van der Waals surface area contributed by atoms with E-state index in [1.165, 1.54) is 0 Å². The van der Waals surface area contributed by atoms with Crippen LogP contribution in [-0.4, -0.2) is 42.9 Å². The number of benzene rings is 3. The van der Waals surface area contributed by atoms with Gasteiger partial charge >= 0.3 is 0 Å². The molecule has 1 heterocycles. The van der Waals surface area contributed by atoms with Crippen molar-refractivity contribution in [2.75, 3.05) is 36.4 Å². The van der Waals surface area contributed by atoms with Crippen LogP contribution in [0, 0.1) is 0 Å². The Hall–Kier alpha value is -3.57. The smallest absolute Gasteiger partial charge is 0.257 e. The van der Waals surface area contributed by atoms with E-state index < -0.39 is 0 Å². The van der Waals surface area contributed by atoms with Crippen LogP contribution >= 0.6 is 11.6 Å². The summed E-state index contributed by atoms with van der Waals surface area (Å²) in [5.74, 6) is -0.204. The maximum Gasteiger partial charge on any atom is 0.257 e. The lowest BCUT2D eigenvalue weighted by Crippen LogP contribution is -2.48. The highest BCUT2D eigenvalue weighted by molar-refractivity contribution is 6.34. The number of amides is 2. The fraction of sp³-hybridized carbons (Fsp3) is 0.154. The first-order chi connectivity index (χ1) is 15.6. The molecule has 1 fully saturated rings. The van der Waals surface area contributed by atoms with Gasteiger partial charge in [-0.1, -0.05) is 54.1 Å². The van der Waals surface area contributed by atoms with E-state index in [9.17, 15) is 9.59 Å². The zero-order valence-electron chi connectivity index (χ0n) is 17.6. The molecule has 6 heteroatoms. The van der Waals surface area contributed by atoms with Crippen LogP contribution in [0.4, 0.5) is 11.4 Å². The lowest BCUT2D eigenvalue weighted by atomic mass is 10.2. The third kappa shape index (κ3) is 5.37. The Morgan fingerprint density at radius 2 is 1.47 bits per heavy atom. The lowest BCUT2D eigenvalue weighted by Gasteiger charge is -2.35. The molecule has 0 aliphatic carbocycles. The molecule has 3 aromatic rings. The van der Waals surface area contributed by atoms with E-state index in [2.05, 4.69) is 10.2 Å². The van der Waals surface area contributed by atoms with Crippen LogP contribution < -0.4 is 10.2 Å². The highest BCUT2D eigenvalue weighted by Crippen LogP contribution is 2.21. The maximum atomic E-state index is 12.5. The standard InChI is InChI=1S/C26H24ClN3O2/c27-24-9-5-4-8-23(24)26(32)28-21-11-13-22(14-12-21)29-16-18-30(19-17-29)25(31)15-10-20-6-2-1-3-7-20/h1-15H,16-19H2,(H,28,32)/b15-10+. The number of anilines is 2. The van der Waals surface area contributed by atoms with Crippen LogP contribution in [0.15, 0.2) is 84.9 Å². The van der Waals surface area contributed by atoms with E-state index in [0.29, 0.717) is 29.4 Å². The number of carbonyl (C=O) groups excluding carboxylic acids is 2. The summed E-state index contributed by atoms with van der Waals surface area (Å²) in [6.45, 7) is 2.86. The SMILES string of the molecule is O=C(Nc1ccc(N2CCN(C(=O)/C=C/c3ccccc3)CC2)cc1)c1ccccc1Cl. The summed E-state index contributed by atoms with van der Waals surface area (Å²) in [4.78, 5) is 29.0. The highest BCUT2D eigenvalue weighted by Gasteiger charge is 2.20. The molecule has 32 heavy (non-hydrogen) atoms. The molecule has 1 saturated heterocycles. The second-order valence-electron chi connectivity index (χ2n) is 7.54. The Morgan fingerprint density at radius 3 is 2.16 bits per heavy atom. The van der Waals surface area contributed by atoms with Gasteiger partial charge in [0.1, 0.15) is 0 Å². The van der Waals surface area contributed by atoms with Gasteiger partial charge in [-0.05, 0) is 48.0 Å². The fourth-order valence-electron chi connectivity index (χ4n) is 3.62. The van der Waals surface area contributed by atoms with Gasteiger partial charge < -0.3 is 15.1 Å². The van der Waals surface area contributed by atoms with E-state index in [0.717, 1.165) is 24.3 Å². The van der Waals surface area contributed by atoms with Gasteiger partial charge in [0.2, 0.25) is 5.91 Å². The van der Waals surface area contributed by atoms with Crippen molar-refractivity contribution in [1.29, 1.82) is 0 Å². The third-order valence-electron chi connectivity index (χ3n) is 5.42. The molecule has 0 bridgehead atoms. The summed E-state index contributed by atoms with van der Waals surface area (Å²) in [5, 5.41) is 3.30. The molecule has 2 amide bonds. The molecule has 1 aliphatic heterocycles. The average Bonchev–Trinajstić information content (AvgIpc) is 2.84. The van der Waals surface area contributed by atoms with E-state index in [1.807, 2.05) is 65.6 Å². The van der Waals surface area contributed by atoms with Gasteiger partial charge in [0.15, 0.2) is 0 Å². The Kier molecular flexibility index (Phi) is 6.87. The molecular formula is C26H24ClN3O2. The molecular weight excluding hydrogens is 422 g/mol. The van der Waals surface area contributed by atoms with Gasteiger partial charge in [-0.25, -0.2) is 0 Å². The minimum atomic E-state index is -0.237. The van der Waals surface area contributed by atoms with Gasteiger partial charge in [0.05, 0.1) is 10.6 Å². The number of nitrogens with one attached hydrogen (secondary N) is 1. The Morgan fingerprint density at radius 1 is 0.812 bits per heavy atom. The zero-order valence-corrected chi connectivity index (χ0v) is 18.3. The van der Waals surface area contributed by atoms with E-state index in [1.54, 1.807) is 30.3 Å². The molecule has 4 rings (SSSR count). The van der Waals surface area contributed by atoms with E-state index >= 15 is 0 Å². The quantitative estimate of drug-likeness (QED) is 0.565. The van der Waals surface area contributed by atoms with Crippen LogP contribution in [0.3, 0.4) is 0 Å². The van der Waals surface area contributed by atoms with Crippen molar-refractivity contribution in [3.63, 3.8) is 0 Å². The Labute approximate surface area is 192 Å². The molecule has 3 aromatic carbocycles. The summed E-state index contributed by atoms with van der Waals surface area (Å²) in [6, 6.07) is 24.5. The predicted molar refractivity (Wildman–Crippen MR) is 130 cm³/mol. The molecule has 5 nitrogen and oxygen atoms in total. The van der Waals surface area contributed by atoms with Gasteiger partial charge in [-0.2, -0.15) is 0 Å². The molecule has 0 spiro atoms. The second-order valence-corrected chi connectivity index (χ2v) is 7.94. The minimum absolute atomic E-state index is 0.0335. The van der Waals surface area contributed by atoms with Crippen molar-refractivity contribution in [1.82, 2.24) is 4.90 Å². The number of nitrogens with zero attached hydrogens (tertiary/aromatic N) is 2. The number of carbonyl (C=O) groups is 2. The predicted octanol–water partition coefficient (Wildman–Crippen LogP) is 4.95. The maximum absolute atomic E-state index is 12.5. The van der Waals surface area contributed by atoms with Crippen molar-refractivity contribution in [2.24, 2.45) is 0 Å². The summed E-state index contributed by atoms with van der Waals surface area (Å²) >= 11 is 6.10. The number of piperazine rings is 1. The van der Waals surface area contributed by atoms with Gasteiger partial charge in [0, 0.05) is 43.6 Å². The first-order valence-corrected chi connectivity index (χ1v) is 10.9. The normalized spacial score (nSPS) is 13.9. The van der Waals surface area contributed by atoms with Crippen LogP contribution in [0.5, 0.6) is 0 Å². The number of rotatable bonds is 5. The molecule has 0 radical (unpaired) electrons. The van der Waals surface area contributed by atoms with Crippen molar-refractivity contribution in [3.05, 3.63) is 101 Å². The molecule has 1 aliphatic rings. The first-order valence-electron chi connectivity index (χ1n) is 10.5. The molecule has 0 aromatic heterocycles. The molecule has 0 saturated carbocycles. The van der Waals surface area contributed by atoms with Crippen LogP contribution in [0.25, 0.3) is 6.08 Å². The average molecular weight is 446 g/mol. The summed E-state index contributed by atoms with van der Waals surface area (Å²) in [5.41, 5.74) is 3.23. The molecule has 1 N–H and O–H groups in total. The fourth-order valence-corrected chi connectivity index (χ4v) is 3.84. The third-order valence-corrected chi connectivity index (χ3v) is 5.75. The van der Waals surface area contributed by atoms with Crippen molar-refractivity contribution >= 4 is 40.9 Å².